The van der Waals surface area contributed by atoms with Gasteiger partial charge in [-0.15, -0.1) is 0 Å². The molecule has 4 heteroatoms. The minimum atomic E-state index is 0.510. The molecule has 3 aliphatic rings. The topological polar surface area (TPSA) is 30.3 Å². The molecule has 1 aromatic heterocycles. The quantitative estimate of drug-likeness (QED) is 0.797. The highest BCUT2D eigenvalue weighted by Crippen LogP contribution is 2.35. The highest BCUT2D eigenvalue weighted by Gasteiger charge is 2.32. The average molecular weight is 275 g/mol. The van der Waals surface area contributed by atoms with Crippen LogP contribution in [-0.2, 0) is 17.8 Å². The number of methoxy groups -OCH3 is 1. The number of rotatable bonds is 6. The van der Waals surface area contributed by atoms with Crippen molar-refractivity contribution >= 4 is 0 Å². The van der Waals surface area contributed by atoms with Crippen LogP contribution in [0.25, 0.3) is 0 Å². The molecule has 0 saturated heterocycles. The molecule has 0 radical (unpaired) electrons. The van der Waals surface area contributed by atoms with E-state index in [4.69, 9.17) is 9.84 Å². The lowest BCUT2D eigenvalue weighted by Gasteiger charge is -2.31. The molecule has 0 amide bonds. The second-order valence-corrected chi connectivity index (χ2v) is 6.99. The lowest BCUT2D eigenvalue weighted by molar-refractivity contribution is 0.136. The van der Waals surface area contributed by atoms with Crippen LogP contribution in [-0.4, -0.2) is 41.5 Å². The van der Waals surface area contributed by atoms with Crippen molar-refractivity contribution in [3.05, 3.63) is 17.5 Å². The van der Waals surface area contributed by atoms with E-state index in [2.05, 4.69) is 15.8 Å². The summed E-state index contributed by atoms with van der Waals surface area (Å²) >= 11 is 0. The first-order valence-electron chi connectivity index (χ1n) is 8.09. The first-order valence-corrected chi connectivity index (χ1v) is 8.09. The van der Waals surface area contributed by atoms with Gasteiger partial charge in [0, 0.05) is 51.0 Å². The highest BCUT2D eigenvalue weighted by atomic mass is 16.5. The summed E-state index contributed by atoms with van der Waals surface area (Å²) in [6, 6.07) is 0. The molecule has 1 aromatic rings. The maximum absolute atomic E-state index is 5.45. The van der Waals surface area contributed by atoms with E-state index in [0.29, 0.717) is 5.92 Å². The van der Waals surface area contributed by atoms with Crippen molar-refractivity contribution in [1.29, 1.82) is 0 Å². The van der Waals surface area contributed by atoms with Gasteiger partial charge in [0.1, 0.15) is 0 Å². The van der Waals surface area contributed by atoms with Gasteiger partial charge in [0.15, 0.2) is 0 Å². The largest absolute Gasteiger partial charge is 0.384 e. The zero-order valence-electron chi connectivity index (χ0n) is 12.4. The third-order valence-corrected chi connectivity index (χ3v) is 4.89. The molecular weight excluding hydrogens is 250 g/mol. The Kier molecular flexibility index (Phi) is 3.31. The molecule has 4 rings (SSSR count). The van der Waals surface area contributed by atoms with Gasteiger partial charge in [-0.05, 0) is 37.5 Å². The summed E-state index contributed by atoms with van der Waals surface area (Å²) in [5, 5.41) is 4.86. The highest BCUT2D eigenvalue weighted by molar-refractivity contribution is 5.25. The summed E-state index contributed by atoms with van der Waals surface area (Å²) in [6.45, 7) is 5.39. The van der Waals surface area contributed by atoms with Crippen molar-refractivity contribution in [2.45, 2.75) is 44.7 Å². The molecule has 2 aliphatic carbocycles. The molecule has 2 fully saturated rings. The molecule has 4 nitrogen and oxygen atoms in total. The molecule has 0 bridgehead atoms. The van der Waals surface area contributed by atoms with Crippen LogP contribution in [0.1, 0.15) is 42.9 Å². The van der Waals surface area contributed by atoms with Crippen LogP contribution in [0.2, 0.25) is 0 Å². The van der Waals surface area contributed by atoms with Gasteiger partial charge in [0.05, 0.1) is 12.3 Å². The third-order valence-electron chi connectivity index (χ3n) is 4.89. The Balaban J connectivity index is 1.52. The molecule has 110 valence electrons. The normalized spacial score (nSPS) is 26.8. The molecule has 1 aliphatic heterocycles. The van der Waals surface area contributed by atoms with Crippen molar-refractivity contribution < 1.29 is 4.74 Å². The Morgan fingerprint density at radius 3 is 2.65 bits per heavy atom. The van der Waals surface area contributed by atoms with Gasteiger partial charge in [-0.25, -0.2) is 0 Å². The maximum Gasteiger partial charge on any atom is 0.0800 e. The lowest BCUT2D eigenvalue weighted by Crippen LogP contribution is -2.36. The molecule has 2 saturated carbocycles. The Morgan fingerprint density at radius 2 is 1.95 bits per heavy atom. The van der Waals surface area contributed by atoms with E-state index in [-0.39, 0.29) is 0 Å². The van der Waals surface area contributed by atoms with Crippen LogP contribution < -0.4 is 0 Å². The van der Waals surface area contributed by atoms with E-state index in [1.165, 1.54) is 43.5 Å². The lowest BCUT2D eigenvalue weighted by atomic mass is 9.95. The monoisotopic (exact) mass is 275 g/mol. The summed E-state index contributed by atoms with van der Waals surface area (Å²) in [5.41, 5.74) is 2.75. The van der Waals surface area contributed by atoms with Crippen LogP contribution in [0.15, 0.2) is 6.20 Å². The molecule has 20 heavy (non-hydrogen) atoms. The van der Waals surface area contributed by atoms with E-state index in [1.807, 2.05) is 7.11 Å². The number of ether oxygens (including phenoxy) is 1. The number of aromatic nitrogens is 2. The van der Waals surface area contributed by atoms with Crippen LogP contribution in [0.4, 0.5) is 0 Å². The first kappa shape index (κ1) is 12.8. The Hall–Kier alpha value is -0.870. The van der Waals surface area contributed by atoms with Crippen LogP contribution in [0, 0.1) is 11.8 Å². The molecule has 0 unspecified atom stereocenters. The van der Waals surface area contributed by atoms with E-state index in [9.17, 15) is 0 Å². The van der Waals surface area contributed by atoms with Gasteiger partial charge in [-0.1, -0.05) is 0 Å². The van der Waals surface area contributed by atoms with Crippen molar-refractivity contribution in [3.8, 4) is 0 Å². The molecule has 2 heterocycles. The number of hydrogen-bond donors (Lipinski definition) is 0. The number of fused-ring (bicyclic) bond motifs is 1. The van der Waals surface area contributed by atoms with Gasteiger partial charge < -0.3 is 4.74 Å². The van der Waals surface area contributed by atoms with Gasteiger partial charge >= 0.3 is 0 Å². The second kappa shape index (κ2) is 5.15. The standard InChI is InChI=1S/C16H25N3O/c1-20-11-14-8-18(6-12-2-3-12)10-16-15(14)9-19(17-16)7-13-4-5-13/h9,12-14H,2-8,10-11H2,1H3/t14-/m1/s1. The van der Waals surface area contributed by atoms with Crippen molar-refractivity contribution in [3.63, 3.8) is 0 Å². The summed E-state index contributed by atoms with van der Waals surface area (Å²) in [4.78, 5) is 2.60. The maximum atomic E-state index is 5.45. The fourth-order valence-corrected chi connectivity index (χ4v) is 3.43. The number of hydrogen-bond acceptors (Lipinski definition) is 3. The minimum absolute atomic E-state index is 0.510. The summed E-state index contributed by atoms with van der Waals surface area (Å²) in [5.74, 6) is 2.35. The third kappa shape index (κ3) is 2.77. The van der Waals surface area contributed by atoms with Crippen molar-refractivity contribution in [2.24, 2.45) is 11.8 Å². The average Bonchev–Trinajstić information content (AvgIpc) is 3.31. The summed E-state index contributed by atoms with van der Waals surface area (Å²) in [7, 11) is 1.81. The van der Waals surface area contributed by atoms with Gasteiger partial charge in [-0.2, -0.15) is 5.10 Å². The first-order chi connectivity index (χ1) is 9.81. The fourth-order valence-electron chi connectivity index (χ4n) is 3.43. The van der Waals surface area contributed by atoms with E-state index in [0.717, 1.165) is 38.1 Å². The number of nitrogens with zero attached hydrogens (tertiary/aromatic N) is 3. The molecule has 1 atom stereocenters. The molecule has 0 N–H and O–H groups in total. The van der Waals surface area contributed by atoms with Gasteiger partial charge in [-0.3, -0.25) is 9.58 Å². The molecular formula is C16H25N3O. The Bertz CT molecular complexity index is 476. The second-order valence-electron chi connectivity index (χ2n) is 6.99. The predicted molar refractivity (Wildman–Crippen MR) is 77.6 cm³/mol. The summed E-state index contributed by atoms with van der Waals surface area (Å²) in [6.07, 6.45) is 7.92. The van der Waals surface area contributed by atoms with Crippen LogP contribution in [0.3, 0.4) is 0 Å². The minimum Gasteiger partial charge on any atom is -0.384 e. The zero-order chi connectivity index (χ0) is 13.5. The van der Waals surface area contributed by atoms with Gasteiger partial charge in [0.2, 0.25) is 0 Å². The van der Waals surface area contributed by atoms with E-state index < -0.39 is 0 Å². The Morgan fingerprint density at radius 1 is 1.20 bits per heavy atom. The predicted octanol–water partition coefficient (Wildman–Crippen LogP) is 2.25. The smallest absolute Gasteiger partial charge is 0.0800 e. The zero-order valence-corrected chi connectivity index (χ0v) is 12.4. The molecule has 0 aromatic carbocycles. The van der Waals surface area contributed by atoms with Crippen molar-refractivity contribution in [1.82, 2.24) is 14.7 Å². The van der Waals surface area contributed by atoms with E-state index in [1.54, 1.807) is 0 Å². The van der Waals surface area contributed by atoms with Crippen LogP contribution in [0.5, 0.6) is 0 Å². The fraction of sp³-hybridized carbons (Fsp3) is 0.812. The van der Waals surface area contributed by atoms with Crippen LogP contribution >= 0.6 is 0 Å². The molecule has 0 spiro atoms. The van der Waals surface area contributed by atoms with Crippen molar-refractivity contribution in [2.75, 3.05) is 26.8 Å². The summed E-state index contributed by atoms with van der Waals surface area (Å²) < 4.78 is 7.65. The SMILES string of the molecule is COC[C@H]1CN(CC2CC2)Cc2nn(CC3CC3)cc21. The van der Waals surface area contributed by atoms with E-state index >= 15 is 0 Å². The van der Waals surface area contributed by atoms with Gasteiger partial charge in [0.25, 0.3) is 0 Å². The Labute approximate surface area is 121 Å².